The van der Waals surface area contributed by atoms with Gasteiger partial charge in [-0.25, -0.2) is 0 Å². The van der Waals surface area contributed by atoms with E-state index in [0.29, 0.717) is 11.3 Å². The Kier molecular flexibility index (Phi) is 2.91. The standard InChI is InChI=1S/C11H17NOS/c1-11(7-13-8-11)5-9(6-12)10-3-2-4-14-10/h2-4,9H,5-8,12H2,1H3. The van der Waals surface area contributed by atoms with Crippen LogP contribution in [0.15, 0.2) is 17.5 Å². The van der Waals surface area contributed by atoms with Gasteiger partial charge in [-0.1, -0.05) is 13.0 Å². The van der Waals surface area contributed by atoms with E-state index in [0.717, 1.165) is 26.2 Å². The number of thiophene rings is 1. The molecule has 2 N–H and O–H groups in total. The van der Waals surface area contributed by atoms with Crippen molar-refractivity contribution in [2.24, 2.45) is 11.1 Å². The van der Waals surface area contributed by atoms with E-state index >= 15 is 0 Å². The number of nitrogens with two attached hydrogens (primary N) is 1. The van der Waals surface area contributed by atoms with Crippen molar-refractivity contribution in [1.29, 1.82) is 0 Å². The zero-order valence-corrected chi connectivity index (χ0v) is 9.35. The van der Waals surface area contributed by atoms with E-state index in [1.54, 1.807) is 0 Å². The molecule has 0 aliphatic carbocycles. The Labute approximate surface area is 89.1 Å². The molecule has 1 saturated heterocycles. The van der Waals surface area contributed by atoms with E-state index in [-0.39, 0.29) is 0 Å². The molecule has 0 aromatic carbocycles. The highest BCUT2D eigenvalue weighted by Crippen LogP contribution is 2.38. The minimum absolute atomic E-state index is 0.369. The molecule has 3 heteroatoms. The molecule has 78 valence electrons. The van der Waals surface area contributed by atoms with Gasteiger partial charge in [0.25, 0.3) is 0 Å². The molecule has 2 nitrogen and oxygen atoms in total. The maximum Gasteiger partial charge on any atom is 0.0542 e. The first-order chi connectivity index (χ1) is 6.73. The molecular formula is C11H17NOS. The highest BCUT2D eigenvalue weighted by molar-refractivity contribution is 7.10. The normalized spacial score (nSPS) is 21.6. The predicted octanol–water partition coefficient (Wildman–Crippen LogP) is 2.22. The molecule has 1 fully saturated rings. The van der Waals surface area contributed by atoms with Gasteiger partial charge in [-0.05, 0) is 24.4 Å². The molecule has 0 saturated carbocycles. The van der Waals surface area contributed by atoms with Crippen molar-refractivity contribution in [1.82, 2.24) is 0 Å². The molecule has 1 aromatic heterocycles. The first-order valence-electron chi connectivity index (χ1n) is 5.05. The lowest BCUT2D eigenvalue weighted by molar-refractivity contribution is -0.108. The molecule has 2 heterocycles. The van der Waals surface area contributed by atoms with Crippen LogP contribution in [0.4, 0.5) is 0 Å². The van der Waals surface area contributed by atoms with Gasteiger partial charge in [0.1, 0.15) is 0 Å². The first-order valence-corrected chi connectivity index (χ1v) is 5.93. The van der Waals surface area contributed by atoms with Crippen molar-refractivity contribution >= 4 is 11.3 Å². The molecule has 0 amide bonds. The third-order valence-electron chi connectivity index (χ3n) is 2.87. The number of rotatable bonds is 4. The number of ether oxygens (including phenoxy) is 1. The van der Waals surface area contributed by atoms with Gasteiger partial charge in [0.05, 0.1) is 13.2 Å². The van der Waals surface area contributed by atoms with Crippen LogP contribution in [0.1, 0.15) is 24.1 Å². The van der Waals surface area contributed by atoms with Crippen molar-refractivity contribution in [3.8, 4) is 0 Å². The fourth-order valence-corrected chi connectivity index (χ4v) is 2.83. The summed E-state index contributed by atoms with van der Waals surface area (Å²) in [5.74, 6) is 0.518. The van der Waals surface area contributed by atoms with Gasteiger partial charge in [-0.3, -0.25) is 0 Å². The summed E-state index contributed by atoms with van der Waals surface area (Å²) >= 11 is 1.81. The van der Waals surface area contributed by atoms with Crippen molar-refractivity contribution in [3.63, 3.8) is 0 Å². The summed E-state index contributed by atoms with van der Waals surface area (Å²) in [6.45, 7) is 4.83. The van der Waals surface area contributed by atoms with Crippen LogP contribution in [-0.4, -0.2) is 19.8 Å². The van der Waals surface area contributed by atoms with E-state index < -0.39 is 0 Å². The molecule has 0 spiro atoms. The molecule has 2 rings (SSSR count). The van der Waals surface area contributed by atoms with Gasteiger partial charge < -0.3 is 10.5 Å². The zero-order valence-electron chi connectivity index (χ0n) is 8.53. The van der Waals surface area contributed by atoms with E-state index in [1.807, 2.05) is 11.3 Å². The van der Waals surface area contributed by atoms with Crippen molar-refractivity contribution in [2.45, 2.75) is 19.3 Å². The van der Waals surface area contributed by atoms with Crippen LogP contribution in [0.5, 0.6) is 0 Å². The topological polar surface area (TPSA) is 35.2 Å². The highest BCUT2D eigenvalue weighted by atomic mass is 32.1. The van der Waals surface area contributed by atoms with Gasteiger partial charge >= 0.3 is 0 Å². The molecule has 1 unspecified atom stereocenters. The predicted molar refractivity (Wildman–Crippen MR) is 59.7 cm³/mol. The molecule has 14 heavy (non-hydrogen) atoms. The third kappa shape index (κ3) is 2.00. The summed E-state index contributed by atoms with van der Waals surface area (Å²) in [6.07, 6.45) is 1.16. The second kappa shape index (κ2) is 4.01. The molecule has 1 atom stereocenters. The molecular weight excluding hydrogens is 194 g/mol. The van der Waals surface area contributed by atoms with Crippen LogP contribution in [-0.2, 0) is 4.74 Å². The molecule has 1 aromatic rings. The number of hydrogen-bond acceptors (Lipinski definition) is 3. The van der Waals surface area contributed by atoms with Gasteiger partial charge in [-0.2, -0.15) is 0 Å². The summed E-state index contributed by atoms with van der Waals surface area (Å²) in [7, 11) is 0. The maximum atomic E-state index is 5.82. The van der Waals surface area contributed by atoms with Gasteiger partial charge in [-0.15, -0.1) is 11.3 Å². The lowest BCUT2D eigenvalue weighted by Crippen LogP contribution is -2.41. The summed E-state index contributed by atoms with van der Waals surface area (Å²) in [4.78, 5) is 1.42. The van der Waals surface area contributed by atoms with E-state index in [4.69, 9.17) is 10.5 Å². The third-order valence-corrected chi connectivity index (χ3v) is 3.91. The summed E-state index contributed by atoms with van der Waals surface area (Å²) in [5, 5.41) is 2.12. The largest absolute Gasteiger partial charge is 0.380 e. The zero-order chi connectivity index (χ0) is 10.0. The van der Waals surface area contributed by atoms with E-state index in [1.165, 1.54) is 4.88 Å². The smallest absolute Gasteiger partial charge is 0.0542 e. The Balaban J connectivity index is 2.00. The lowest BCUT2D eigenvalue weighted by Gasteiger charge is -2.40. The number of hydrogen-bond donors (Lipinski definition) is 1. The Morgan fingerprint density at radius 3 is 2.86 bits per heavy atom. The van der Waals surface area contributed by atoms with Crippen LogP contribution in [0, 0.1) is 5.41 Å². The monoisotopic (exact) mass is 211 g/mol. The van der Waals surface area contributed by atoms with E-state index in [9.17, 15) is 0 Å². The van der Waals surface area contributed by atoms with Crippen LogP contribution in [0.25, 0.3) is 0 Å². The highest BCUT2D eigenvalue weighted by Gasteiger charge is 2.35. The van der Waals surface area contributed by atoms with E-state index in [2.05, 4.69) is 24.4 Å². The van der Waals surface area contributed by atoms with Gasteiger partial charge in [0, 0.05) is 16.2 Å². The van der Waals surface area contributed by atoms with Crippen LogP contribution in [0.2, 0.25) is 0 Å². The Morgan fingerprint density at radius 1 is 1.64 bits per heavy atom. The molecule has 1 aliphatic rings. The summed E-state index contributed by atoms with van der Waals surface area (Å²) in [6, 6.07) is 4.29. The maximum absolute atomic E-state index is 5.82. The first kappa shape index (κ1) is 10.1. The second-order valence-electron chi connectivity index (χ2n) is 4.46. The second-order valence-corrected chi connectivity index (χ2v) is 5.43. The van der Waals surface area contributed by atoms with Crippen LogP contribution >= 0.6 is 11.3 Å². The minimum atomic E-state index is 0.369. The summed E-state index contributed by atoms with van der Waals surface area (Å²) < 4.78 is 5.26. The Hall–Kier alpha value is -0.380. The fraction of sp³-hybridized carbons (Fsp3) is 0.636. The van der Waals surface area contributed by atoms with Crippen molar-refractivity contribution < 1.29 is 4.74 Å². The summed E-state index contributed by atoms with van der Waals surface area (Å²) in [5.41, 5.74) is 6.18. The Morgan fingerprint density at radius 2 is 2.43 bits per heavy atom. The molecule has 0 radical (unpaired) electrons. The van der Waals surface area contributed by atoms with Crippen LogP contribution < -0.4 is 5.73 Å². The van der Waals surface area contributed by atoms with Gasteiger partial charge in [0.2, 0.25) is 0 Å². The fourth-order valence-electron chi connectivity index (χ4n) is 1.99. The van der Waals surface area contributed by atoms with Crippen LogP contribution in [0.3, 0.4) is 0 Å². The average Bonchev–Trinajstić information content (AvgIpc) is 2.64. The molecule has 0 bridgehead atoms. The SMILES string of the molecule is CC1(CC(CN)c2cccs2)COC1. The van der Waals surface area contributed by atoms with Crippen molar-refractivity contribution in [2.75, 3.05) is 19.8 Å². The van der Waals surface area contributed by atoms with Gasteiger partial charge in [0.15, 0.2) is 0 Å². The quantitative estimate of drug-likeness (QED) is 0.828. The van der Waals surface area contributed by atoms with Crippen molar-refractivity contribution in [3.05, 3.63) is 22.4 Å². The average molecular weight is 211 g/mol. The lowest BCUT2D eigenvalue weighted by atomic mass is 9.79. The Bertz CT molecular complexity index is 279. The minimum Gasteiger partial charge on any atom is -0.380 e. The molecule has 1 aliphatic heterocycles.